The van der Waals surface area contributed by atoms with E-state index in [1.807, 2.05) is 25.1 Å². The summed E-state index contributed by atoms with van der Waals surface area (Å²) >= 11 is 6.04. The summed E-state index contributed by atoms with van der Waals surface area (Å²) in [7, 11) is 0. The van der Waals surface area contributed by atoms with Gasteiger partial charge >= 0.3 is 0 Å². The van der Waals surface area contributed by atoms with Crippen LogP contribution >= 0.6 is 11.6 Å². The van der Waals surface area contributed by atoms with Crippen molar-refractivity contribution in [3.63, 3.8) is 0 Å². The first kappa shape index (κ1) is 23.8. The number of allylic oxidation sites excluding steroid dienone is 2. The molecule has 176 valence electrons. The zero-order chi connectivity index (χ0) is 24.1. The van der Waals surface area contributed by atoms with E-state index < -0.39 is 5.82 Å². The number of rotatable bonds is 8. The quantitative estimate of drug-likeness (QED) is 0.408. The minimum atomic E-state index is -0.494. The fraction of sp³-hybridized carbons (Fsp3) is 0.259. The predicted octanol–water partition coefficient (Wildman–Crippen LogP) is 6.34. The average Bonchev–Trinajstić information content (AvgIpc) is 3.16. The predicted molar refractivity (Wildman–Crippen MR) is 129 cm³/mol. The summed E-state index contributed by atoms with van der Waals surface area (Å²) in [5.41, 5.74) is 3.79. The molecule has 1 aliphatic rings. The van der Waals surface area contributed by atoms with E-state index in [0.717, 1.165) is 35.2 Å². The highest BCUT2D eigenvalue weighted by atomic mass is 35.5. The lowest BCUT2D eigenvalue weighted by atomic mass is 9.94. The Labute approximate surface area is 203 Å². The monoisotopic (exact) mass is 480 g/mol. The van der Waals surface area contributed by atoms with E-state index in [1.165, 1.54) is 6.07 Å². The van der Waals surface area contributed by atoms with E-state index in [9.17, 15) is 9.18 Å². The number of nitrogens with one attached hydrogen (secondary N) is 1. The van der Waals surface area contributed by atoms with E-state index >= 15 is 0 Å². The lowest BCUT2D eigenvalue weighted by molar-refractivity contribution is -0.121. The number of nitrogens with zero attached hydrogens (tertiary/aromatic N) is 1. The minimum absolute atomic E-state index is 0.0862. The first-order valence-corrected chi connectivity index (χ1v) is 11.5. The Hall–Kier alpha value is -3.38. The van der Waals surface area contributed by atoms with Gasteiger partial charge in [-0.25, -0.2) is 4.39 Å². The number of ether oxygens (including phenoxy) is 1. The molecular formula is C27H26ClFN2O3. The lowest BCUT2D eigenvalue weighted by Crippen LogP contribution is -2.31. The maximum atomic E-state index is 14.8. The van der Waals surface area contributed by atoms with Gasteiger partial charge in [-0.1, -0.05) is 53.2 Å². The number of halogens is 2. The van der Waals surface area contributed by atoms with Crippen LogP contribution in [0.5, 0.6) is 5.75 Å². The van der Waals surface area contributed by atoms with Crippen LogP contribution in [0.2, 0.25) is 5.02 Å². The standard InChI is InChI=1S/C27H26ClFN2O3/c1-17-24(18(2)34-31-17)16-33-23-13-10-21(25(29)15-23)14-26(32)30-27(19-6-4-3-5-7-19)20-8-11-22(28)12-9-20/h4,6-13,15,27H,3,5,14,16H2,1-2H3,(H,30,32). The van der Waals surface area contributed by atoms with Crippen LogP contribution in [0.3, 0.4) is 0 Å². The van der Waals surface area contributed by atoms with E-state index in [-0.39, 0.29) is 25.0 Å². The zero-order valence-electron chi connectivity index (χ0n) is 19.1. The molecule has 1 heterocycles. The summed E-state index contributed by atoms with van der Waals surface area (Å²) in [5.74, 6) is 0.275. The molecule has 0 fully saturated rings. The third kappa shape index (κ3) is 5.75. The molecule has 4 rings (SSSR count). The van der Waals surface area contributed by atoms with Crippen LogP contribution in [0.4, 0.5) is 4.39 Å². The van der Waals surface area contributed by atoms with Crippen molar-refractivity contribution >= 4 is 17.5 Å². The summed E-state index contributed by atoms with van der Waals surface area (Å²) in [6.45, 7) is 3.86. The second kappa shape index (κ2) is 10.7. The summed E-state index contributed by atoms with van der Waals surface area (Å²) in [5, 5.41) is 7.57. The van der Waals surface area contributed by atoms with E-state index in [0.29, 0.717) is 22.1 Å². The van der Waals surface area contributed by atoms with Gasteiger partial charge in [-0.15, -0.1) is 0 Å². The molecule has 1 atom stereocenters. The Morgan fingerprint density at radius 1 is 1.21 bits per heavy atom. The van der Waals surface area contributed by atoms with E-state index in [2.05, 4.69) is 22.6 Å². The normalized spacial score (nSPS) is 13.9. The van der Waals surface area contributed by atoms with Crippen LogP contribution in [0.15, 0.2) is 70.8 Å². The number of carbonyl (C=O) groups is 1. The SMILES string of the molecule is Cc1noc(C)c1COc1ccc(CC(=O)NC(C2=CCCC=C2)c2ccc(Cl)cc2)c(F)c1. The smallest absolute Gasteiger partial charge is 0.225 e. The number of hydrogen-bond donors (Lipinski definition) is 1. The van der Waals surface area contributed by atoms with E-state index in [1.54, 1.807) is 31.2 Å². The molecule has 0 saturated carbocycles. The molecule has 0 saturated heterocycles. The number of hydrogen-bond acceptors (Lipinski definition) is 4. The van der Waals surface area contributed by atoms with Gasteiger partial charge in [0.1, 0.15) is 23.9 Å². The largest absolute Gasteiger partial charge is 0.489 e. The van der Waals surface area contributed by atoms with Crippen LogP contribution in [0, 0.1) is 19.7 Å². The molecule has 0 spiro atoms. The van der Waals surface area contributed by atoms with E-state index in [4.69, 9.17) is 20.9 Å². The zero-order valence-corrected chi connectivity index (χ0v) is 19.9. The second-order valence-electron chi connectivity index (χ2n) is 8.26. The number of aryl methyl sites for hydroxylation is 2. The van der Waals surface area contributed by atoms with Gasteiger partial charge in [0.2, 0.25) is 5.91 Å². The molecule has 1 unspecified atom stereocenters. The Morgan fingerprint density at radius 2 is 2.00 bits per heavy atom. The molecule has 1 aromatic heterocycles. The highest BCUT2D eigenvalue weighted by Gasteiger charge is 2.20. The number of carbonyl (C=O) groups excluding carboxylic acids is 1. The van der Waals surface area contributed by atoms with Crippen molar-refractivity contribution < 1.29 is 18.4 Å². The van der Waals surface area contributed by atoms with Gasteiger partial charge < -0.3 is 14.6 Å². The van der Waals surface area contributed by atoms with Gasteiger partial charge in [0.05, 0.1) is 23.7 Å². The van der Waals surface area contributed by atoms with Crippen LogP contribution in [0.1, 0.15) is 47.0 Å². The minimum Gasteiger partial charge on any atom is -0.489 e. The first-order chi connectivity index (χ1) is 16.4. The summed E-state index contributed by atoms with van der Waals surface area (Å²) in [4.78, 5) is 12.9. The third-order valence-electron chi connectivity index (χ3n) is 5.81. The molecule has 7 heteroatoms. The summed E-state index contributed by atoms with van der Waals surface area (Å²) < 4.78 is 25.6. The van der Waals surface area contributed by atoms with Gasteiger partial charge in [-0.3, -0.25) is 4.79 Å². The molecule has 1 N–H and O–H groups in total. The molecule has 1 aliphatic carbocycles. The van der Waals surface area contributed by atoms with Crippen molar-refractivity contribution in [2.75, 3.05) is 0 Å². The molecule has 0 aliphatic heterocycles. The molecule has 5 nitrogen and oxygen atoms in total. The molecule has 1 amide bonds. The molecular weight excluding hydrogens is 455 g/mol. The summed E-state index contributed by atoms with van der Waals surface area (Å²) in [6.07, 6.45) is 8.03. The Balaban J connectivity index is 1.43. The fourth-order valence-corrected chi connectivity index (χ4v) is 4.00. The van der Waals surface area contributed by atoms with Gasteiger partial charge in [0.25, 0.3) is 0 Å². The van der Waals surface area contributed by atoms with Gasteiger partial charge in [0.15, 0.2) is 0 Å². The van der Waals surface area contributed by atoms with Gasteiger partial charge in [-0.2, -0.15) is 0 Å². The van der Waals surface area contributed by atoms with Crippen LogP contribution in [-0.2, 0) is 17.8 Å². The summed E-state index contributed by atoms with van der Waals surface area (Å²) in [6, 6.07) is 11.6. The third-order valence-corrected chi connectivity index (χ3v) is 6.06. The van der Waals surface area contributed by atoms with Crippen LogP contribution in [-0.4, -0.2) is 11.1 Å². The van der Waals surface area contributed by atoms with Crippen molar-refractivity contribution in [3.8, 4) is 5.75 Å². The maximum absolute atomic E-state index is 14.8. The number of benzene rings is 2. The molecule has 2 aromatic carbocycles. The highest BCUT2D eigenvalue weighted by Crippen LogP contribution is 2.28. The van der Waals surface area contributed by atoms with Crippen molar-refractivity contribution in [2.24, 2.45) is 0 Å². The highest BCUT2D eigenvalue weighted by molar-refractivity contribution is 6.30. The Morgan fingerprint density at radius 3 is 2.65 bits per heavy atom. The van der Waals surface area contributed by atoms with Crippen LogP contribution < -0.4 is 10.1 Å². The number of amides is 1. The topological polar surface area (TPSA) is 64.4 Å². The van der Waals surface area contributed by atoms with Crippen molar-refractivity contribution in [2.45, 2.75) is 45.8 Å². The fourth-order valence-electron chi connectivity index (χ4n) is 3.87. The lowest BCUT2D eigenvalue weighted by Gasteiger charge is -2.22. The molecule has 0 bridgehead atoms. The van der Waals surface area contributed by atoms with Crippen molar-refractivity contribution in [1.29, 1.82) is 0 Å². The Bertz CT molecular complexity index is 1210. The Kier molecular flexibility index (Phi) is 7.48. The van der Waals surface area contributed by atoms with Crippen molar-refractivity contribution in [1.82, 2.24) is 10.5 Å². The first-order valence-electron chi connectivity index (χ1n) is 11.1. The molecule has 0 radical (unpaired) electrons. The average molecular weight is 481 g/mol. The second-order valence-corrected chi connectivity index (χ2v) is 8.69. The molecule has 34 heavy (non-hydrogen) atoms. The van der Waals surface area contributed by atoms with Gasteiger partial charge in [0, 0.05) is 11.1 Å². The van der Waals surface area contributed by atoms with Crippen molar-refractivity contribution in [3.05, 3.63) is 105 Å². The number of aromatic nitrogens is 1. The maximum Gasteiger partial charge on any atom is 0.225 e. The molecule has 3 aromatic rings. The van der Waals surface area contributed by atoms with Gasteiger partial charge in [-0.05, 0) is 61.6 Å². The van der Waals surface area contributed by atoms with Crippen LogP contribution in [0.25, 0.3) is 0 Å².